The Morgan fingerprint density at radius 3 is 1.23 bits per heavy atom. The van der Waals surface area contributed by atoms with Gasteiger partial charge in [-0.1, -0.05) is 0 Å². The molecule has 5 rings (SSSR count). The molecule has 0 fully saturated rings. The van der Waals surface area contributed by atoms with Gasteiger partial charge in [-0.05, 0) is 84.9 Å². The lowest BCUT2D eigenvalue weighted by molar-refractivity contribution is -0.384. The molecule has 1 aromatic heterocycles. The number of azo groups is 1. The number of nitro groups is 1. The third-order valence-electron chi connectivity index (χ3n) is 5.43. The van der Waals surface area contributed by atoms with Crippen molar-refractivity contribution in [1.82, 2.24) is 15.0 Å². The van der Waals surface area contributed by atoms with Crippen molar-refractivity contribution in [3.05, 3.63) is 107 Å². The van der Waals surface area contributed by atoms with Crippen molar-refractivity contribution in [1.29, 1.82) is 0 Å². The maximum absolute atomic E-state index is 10.8. The van der Waals surface area contributed by atoms with Crippen molar-refractivity contribution in [2.75, 3.05) is 27.4 Å². The van der Waals surface area contributed by atoms with Crippen LogP contribution in [0.1, 0.15) is 0 Å². The molecule has 40 heavy (non-hydrogen) atoms. The number of anilines is 8. The quantitative estimate of drug-likeness (QED) is 0.0596. The van der Waals surface area contributed by atoms with Crippen LogP contribution in [0.25, 0.3) is 0 Å². The van der Waals surface area contributed by atoms with Gasteiger partial charge in [-0.25, -0.2) is 0 Å². The Morgan fingerprint density at radius 2 is 0.875 bits per heavy atom. The highest BCUT2D eigenvalue weighted by atomic mass is 16.6. The fourth-order valence-corrected chi connectivity index (χ4v) is 3.43. The molecule has 13 nitrogen and oxygen atoms in total. The number of aromatic nitrogens is 3. The van der Waals surface area contributed by atoms with Gasteiger partial charge < -0.3 is 27.4 Å². The van der Waals surface area contributed by atoms with Crippen LogP contribution in [0.5, 0.6) is 0 Å². The first-order chi connectivity index (χ1) is 19.4. The maximum atomic E-state index is 10.8. The number of non-ortho nitro benzene ring substituents is 1. The highest BCUT2D eigenvalue weighted by Crippen LogP contribution is 2.25. The van der Waals surface area contributed by atoms with Gasteiger partial charge in [0.2, 0.25) is 17.8 Å². The smallest absolute Gasteiger partial charge is 0.269 e. The van der Waals surface area contributed by atoms with E-state index >= 15 is 0 Å². The Morgan fingerprint density at radius 1 is 0.550 bits per heavy atom. The van der Waals surface area contributed by atoms with E-state index in [0.717, 1.165) is 11.4 Å². The highest BCUT2D eigenvalue weighted by molar-refractivity contribution is 5.64. The Kier molecular flexibility index (Phi) is 7.35. The van der Waals surface area contributed by atoms with Crippen LogP contribution < -0.4 is 27.4 Å². The molecular weight excluding hydrogens is 510 g/mol. The predicted octanol–water partition coefficient (Wildman–Crippen LogP) is 6.59. The Hall–Kier alpha value is -6.11. The van der Waals surface area contributed by atoms with Crippen LogP contribution in [0, 0.1) is 10.1 Å². The van der Waals surface area contributed by atoms with Crippen LogP contribution in [0.15, 0.2) is 107 Å². The SMILES string of the molecule is Nc1ccc(Nc2nc(Nc3ccc(N)cc3)nc(Nc3ccc(N=Nc4ccc([N+](=O)[O-])cc4)cc3)n2)cc1. The van der Waals surface area contributed by atoms with Crippen LogP contribution in [0.4, 0.5) is 63.3 Å². The lowest BCUT2D eigenvalue weighted by Gasteiger charge is -2.12. The Bertz CT molecular complexity index is 1570. The van der Waals surface area contributed by atoms with E-state index < -0.39 is 4.92 Å². The second-order valence-electron chi connectivity index (χ2n) is 8.45. The average Bonchev–Trinajstić information content (AvgIpc) is 2.95. The summed E-state index contributed by atoms with van der Waals surface area (Å²) in [4.78, 5) is 23.8. The van der Waals surface area contributed by atoms with Crippen molar-refractivity contribution in [2.24, 2.45) is 10.2 Å². The number of nitrogens with one attached hydrogen (secondary N) is 3. The van der Waals surface area contributed by atoms with Crippen LogP contribution >= 0.6 is 0 Å². The number of nitrogen functional groups attached to an aromatic ring is 2. The third-order valence-corrected chi connectivity index (χ3v) is 5.43. The largest absolute Gasteiger partial charge is 0.399 e. The molecule has 0 amide bonds. The van der Waals surface area contributed by atoms with E-state index in [-0.39, 0.29) is 5.69 Å². The average molecular weight is 534 g/mol. The molecule has 198 valence electrons. The summed E-state index contributed by atoms with van der Waals surface area (Å²) in [5, 5.41) is 28.6. The second kappa shape index (κ2) is 11.5. The summed E-state index contributed by atoms with van der Waals surface area (Å²) in [6.07, 6.45) is 0. The number of nitrogens with zero attached hydrogens (tertiary/aromatic N) is 6. The normalized spacial score (nSPS) is 10.8. The zero-order chi connectivity index (χ0) is 27.9. The van der Waals surface area contributed by atoms with Crippen LogP contribution in [-0.4, -0.2) is 19.9 Å². The van der Waals surface area contributed by atoms with Gasteiger partial charge in [0.05, 0.1) is 16.3 Å². The minimum Gasteiger partial charge on any atom is -0.399 e. The van der Waals surface area contributed by atoms with Gasteiger partial charge in [0, 0.05) is 40.6 Å². The van der Waals surface area contributed by atoms with E-state index in [2.05, 4.69) is 41.1 Å². The van der Waals surface area contributed by atoms with E-state index in [0.29, 0.717) is 46.3 Å². The van der Waals surface area contributed by atoms with Crippen LogP contribution in [0.3, 0.4) is 0 Å². The Labute approximate surface area is 228 Å². The molecule has 0 saturated heterocycles. The first-order valence-corrected chi connectivity index (χ1v) is 11.9. The third kappa shape index (κ3) is 6.80. The van der Waals surface area contributed by atoms with Gasteiger partial charge in [-0.15, -0.1) is 0 Å². The lowest BCUT2D eigenvalue weighted by atomic mass is 10.3. The number of rotatable bonds is 9. The summed E-state index contributed by atoms with van der Waals surface area (Å²) in [6, 6.07) is 27.3. The van der Waals surface area contributed by atoms with Crippen molar-refractivity contribution in [2.45, 2.75) is 0 Å². The van der Waals surface area contributed by atoms with Crippen LogP contribution in [0.2, 0.25) is 0 Å². The summed E-state index contributed by atoms with van der Waals surface area (Å²) in [5.41, 5.74) is 16.2. The summed E-state index contributed by atoms with van der Waals surface area (Å²) < 4.78 is 0. The molecule has 0 bridgehead atoms. The van der Waals surface area contributed by atoms with Gasteiger partial charge in [0.15, 0.2) is 0 Å². The number of hydrogen-bond donors (Lipinski definition) is 5. The molecule has 5 aromatic rings. The molecular formula is C27H23N11O2. The minimum atomic E-state index is -0.465. The van der Waals surface area contributed by atoms with Gasteiger partial charge in [0.1, 0.15) is 0 Å². The molecule has 0 spiro atoms. The monoisotopic (exact) mass is 533 g/mol. The number of nitrogens with two attached hydrogens (primary N) is 2. The van der Waals surface area contributed by atoms with E-state index in [9.17, 15) is 10.1 Å². The maximum Gasteiger partial charge on any atom is 0.269 e. The summed E-state index contributed by atoms with van der Waals surface area (Å²) in [6.45, 7) is 0. The van der Waals surface area contributed by atoms with Crippen molar-refractivity contribution in [3.8, 4) is 0 Å². The molecule has 4 aromatic carbocycles. The molecule has 13 heteroatoms. The summed E-state index contributed by atoms with van der Waals surface area (Å²) in [5.74, 6) is 0.925. The fraction of sp³-hybridized carbons (Fsp3) is 0. The second-order valence-corrected chi connectivity index (χ2v) is 8.45. The lowest BCUT2D eigenvalue weighted by Crippen LogP contribution is -2.07. The summed E-state index contributed by atoms with van der Waals surface area (Å²) in [7, 11) is 0. The molecule has 0 aliphatic rings. The predicted molar refractivity (Wildman–Crippen MR) is 155 cm³/mol. The number of nitro benzene ring substituents is 1. The first-order valence-electron chi connectivity index (χ1n) is 11.9. The molecule has 1 heterocycles. The molecule has 7 N–H and O–H groups in total. The van der Waals surface area contributed by atoms with Crippen LogP contribution in [-0.2, 0) is 0 Å². The molecule has 0 aliphatic heterocycles. The topological polar surface area (TPSA) is 195 Å². The zero-order valence-corrected chi connectivity index (χ0v) is 20.9. The van der Waals surface area contributed by atoms with E-state index in [1.807, 2.05) is 24.3 Å². The van der Waals surface area contributed by atoms with E-state index in [4.69, 9.17) is 11.5 Å². The zero-order valence-electron chi connectivity index (χ0n) is 20.9. The van der Waals surface area contributed by atoms with Gasteiger partial charge >= 0.3 is 0 Å². The molecule has 0 saturated carbocycles. The van der Waals surface area contributed by atoms with E-state index in [1.54, 1.807) is 48.5 Å². The molecule has 0 aliphatic carbocycles. The van der Waals surface area contributed by atoms with Crippen molar-refractivity contribution >= 4 is 63.3 Å². The fourth-order valence-electron chi connectivity index (χ4n) is 3.43. The number of hydrogen-bond acceptors (Lipinski definition) is 12. The summed E-state index contributed by atoms with van der Waals surface area (Å²) >= 11 is 0. The highest BCUT2D eigenvalue weighted by Gasteiger charge is 2.09. The van der Waals surface area contributed by atoms with Gasteiger partial charge in [-0.2, -0.15) is 25.2 Å². The van der Waals surface area contributed by atoms with Crippen molar-refractivity contribution in [3.63, 3.8) is 0 Å². The minimum absolute atomic E-state index is 0.00801. The Balaban J connectivity index is 1.33. The van der Waals surface area contributed by atoms with E-state index in [1.165, 1.54) is 24.3 Å². The standard InChI is InChI=1S/C27H23N11O2/c28-17-1-5-19(6-2-17)30-25-33-26(31-20-7-3-18(29)4-8-20)35-27(34-25)32-21-9-11-22(12-10-21)36-37-23-13-15-24(16-14-23)38(39)40/h1-16H,28-29H2,(H3,30,31,32,33,34,35). The molecule has 0 atom stereocenters. The first kappa shape index (κ1) is 25.5. The molecule has 0 unspecified atom stereocenters. The molecule has 0 radical (unpaired) electrons. The van der Waals surface area contributed by atoms with Crippen molar-refractivity contribution < 1.29 is 4.92 Å². The van der Waals surface area contributed by atoms with Gasteiger partial charge in [-0.3, -0.25) is 10.1 Å². The number of benzene rings is 4. The van der Waals surface area contributed by atoms with Gasteiger partial charge in [0.25, 0.3) is 5.69 Å².